The molecular formula is C13H7BrCl2N2O3. The lowest BCUT2D eigenvalue weighted by Gasteiger charge is -2.08. The van der Waals surface area contributed by atoms with Crippen LogP contribution in [-0.4, -0.2) is 10.8 Å². The molecule has 0 aliphatic heterocycles. The molecule has 2 rings (SSSR count). The first kappa shape index (κ1) is 15.8. The Kier molecular flexibility index (Phi) is 4.82. The summed E-state index contributed by atoms with van der Waals surface area (Å²) in [7, 11) is 0. The maximum absolute atomic E-state index is 12.2. The Labute approximate surface area is 138 Å². The van der Waals surface area contributed by atoms with Crippen LogP contribution in [0.4, 0.5) is 11.4 Å². The summed E-state index contributed by atoms with van der Waals surface area (Å²) in [5.41, 5.74) is 0.403. The molecule has 0 atom stereocenters. The van der Waals surface area contributed by atoms with E-state index in [9.17, 15) is 14.9 Å². The monoisotopic (exact) mass is 388 g/mol. The van der Waals surface area contributed by atoms with Crippen LogP contribution in [0.2, 0.25) is 10.0 Å². The van der Waals surface area contributed by atoms with Crippen LogP contribution < -0.4 is 5.32 Å². The standard InChI is InChI=1S/C13H7BrCl2N2O3/c14-12-8(2-1-3-11(12)18(20)21)13(19)17-7-4-5-9(15)10(16)6-7/h1-6H,(H,17,19). The summed E-state index contributed by atoms with van der Waals surface area (Å²) in [5.74, 6) is -0.496. The number of amides is 1. The van der Waals surface area contributed by atoms with Crippen LogP contribution in [-0.2, 0) is 0 Å². The summed E-state index contributed by atoms with van der Waals surface area (Å²) in [5, 5.41) is 14.1. The van der Waals surface area contributed by atoms with Gasteiger partial charge in [0, 0.05) is 11.8 Å². The third-order valence-electron chi connectivity index (χ3n) is 2.60. The van der Waals surface area contributed by atoms with Crippen molar-refractivity contribution in [3.05, 3.63) is 66.6 Å². The van der Waals surface area contributed by atoms with Crippen LogP contribution in [0.15, 0.2) is 40.9 Å². The Morgan fingerprint density at radius 1 is 1.19 bits per heavy atom. The molecule has 21 heavy (non-hydrogen) atoms. The lowest BCUT2D eigenvalue weighted by Crippen LogP contribution is -2.13. The van der Waals surface area contributed by atoms with E-state index in [0.717, 1.165) is 0 Å². The average Bonchev–Trinajstić information content (AvgIpc) is 2.42. The third-order valence-corrected chi connectivity index (χ3v) is 4.17. The maximum atomic E-state index is 12.2. The number of nitro benzene ring substituents is 1. The van der Waals surface area contributed by atoms with Crippen LogP contribution in [0.25, 0.3) is 0 Å². The molecule has 1 amide bonds. The maximum Gasteiger partial charge on any atom is 0.284 e. The van der Waals surface area contributed by atoms with Gasteiger partial charge in [-0.1, -0.05) is 29.3 Å². The summed E-state index contributed by atoms with van der Waals surface area (Å²) in [6, 6.07) is 8.84. The van der Waals surface area contributed by atoms with E-state index in [1.807, 2.05) is 0 Å². The summed E-state index contributed by atoms with van der Waals surface area (Å²) in [6.07, 6.45) is 0. The summed E-state index contributed by atoms with van der Waals surface area (Å²) < 4.78 is 0.118. The van der Waals surface area contributed by atoms with E-state index >= 15 is 0 Å². The van der Waals surface area contributed by atoms with E-state index in [1.165, 1.54) is 24.3 Å². The van der Waals surface area contributed by atoms with Gasteiger partial charge in [-0.15, -0.1) is 0 Å². The van der Waals surface area contributed by atoms with E-state index in [2.05, 4.69) is 21.2 Å². The first-order valence-electron chi connectivity index (χ1n) is 5.59. The van der Waals surface area contributed by atoms with Crippen molar-refractivity contribution < 1.29 is 9.72 Å². The van der Waals surface area contributed by atoms with Gasteiger partial charge in [-0.3, -0.25) is 14.9 Å². The Bertz CT molecular complexity index is 737. The normalized spacial score (nSPS) is 10.2. The van der Waals surface area contributed by atoms with E-state index in [0.29, 0.717) is 15.7 Å². The number of carbonyl (C=O) groups excluding carboxylic acids is 1. The van der Waals surface area contributed by atoms with Crippen LogP contribution in [0.5, 0.6) is 0 Å². The highest BCUT2D eigenvalue weighted by atomic mass is 79.9. The first-order chi connectivity index (χ1) is 9.90. The zero-order valence-electron chi connectivity index (χ0n) is 10.3. The number of nitrogens with zero attached hydrogens (tertiary/aromatic N) is 1. The summed E-state index contributed by atoms with van der Waals surface area (Å²) >= 11 is 14.7. The number of carbonyl (C=O) groups is 1. The van der Waals surface area contributed by atoms with E-state index in [4.69, 9.17) is 23.2 Å². The number of hydrogen-bond donors (Lipinski definition) is 1. The average molecular weight is 390 g/mol. The number of nitro groups is 1. The fourth-order valence-electron chi connectivity index (χ4n) is 1.61. The molecule has 0 bridgehead atoms. The van der Waals surface area contributed by atoms with Gasteiger partial charge in [0.15, 0.2) is 0 Å². The Balaban J connectivity index is 2.30. The van der Waals surface area contributed by atoms with Gasteiger partial charge in [0.05, 0.1) is 20.5 Å². The van der Waals surface area contributed by atoms with Gasteiger partial charge in [-0.25, -0.2) is 0 Å². The van der Waals surface area contributed by atoms with Gasteiger partial charge in [0.25, 0.3) is 11.6 Å². The van der Waals surface area contributed by atoms with E-state index < -0.39 is 10.8 Å². The molecule has 0 saturated carbocycles. The van der Waals surface area contributed by atoms with Crippen molar-refractivity contribution in [1.82, 2.24) is 0 Å². The zero-order valence-corrected chi connectivity index (χ0v) is 13.4. The molecule has 108 valence electrons. The molecule has 2 aromatic rings. The number of nitrogens with one attached hydrogen (secondary N) is 1. The fourth-order valence-corrected chi connectivity index (χ4v) is 2.50. The van der Waals surface area contributed by atoms with E-state index in [-0.39, 0.29) is 15.7 Å². The number of benzene rings is 2. The van der Waals surface area contributed by atoms with Crippen molar-refractivity contribution >= 4 is 56.4 Å². The minimum Gasteiger partial charge on any atom is -0.322 e. The minimum atomic E-state index is -0.569. The van der Waals surface area contributed by atoms with Crippen molar-refractivity contribution in [3.8, 4) is 0 Å². The molecule has 0 aromatic heterocycles. The lowest BCUT2D eigenvalue weighted by molar-refractivity contribution is -0.385. The second-order valence-electron chi connectivity index (χ2n) is 3.98. The van der Waals surface area contributed by atoms with Gasteiger partial charge in [-0.05, 0) is 40.2 Å². The quantitative estimate of drug-likeness (QED) is 0.598. The molecule has 0 radical (unpaired) electrons. The van der Waals surface area contributed by atoms with Crippen LogP contribution in [0, 0.1) is 10.1 Å². The van der Waals surface area contributed by atoms with Crippen LogP contribution in [0.1, 0.15) is 10.4 Å². The van der Waals surface area contributed by atoms with Crippen molar-refractivity contribution in [2.45, 2.75) is 0 Å². The lowest BCUT2D eigenvalue weighted by atomic mass is 10.2. The number of halogens is 3. The topological polar surface area (TPSA) is 72.2 Å². The second-order valence-corrected chi connectivity index (χ2v) is 5.59. The Morgan fingerprint density at radius 3 is 2.52 bits per heavy atom. The number of anilines is 1. The van der Waals surface area contributed by atoms with E-state index in [1.54, 1.807) is 12.1 Å². The number of hydrogen-bond acceptors (Lipinski definition) is 3. The molecule has 0 saturated heterocycles. The van der Waals surface area contributed by atoms with Crippen molar-refractivity contribution in [1.29, 1.82) is 0 Å². The summed E-state index contributed by atoms with van der Waals surface area (Å²) in [6.45, 7) is 0. The van der Waals surface area contributed by atoms with Gasteiger partial charge >= 0.3 is 0 Å². The predicted molar refractivity (Wildman–Crippen MR) is 85.2 cm³/mol. The van der Waals surface area contributed by atoms with Gasteiger partial charge in [-0.2, -0.15) is 0 Å². The minimum absolute atomic E-state index is 0.118. The largest absolute Gasteiger partial charge is 0.322 e. The molecule has 0 fully saturated rings. The molecule has 0 aliphatic carbocycles. The number of rotatable bonds is 3. The van der Waals surface area contributed by atoms with Gasteiger partial charge in [0.2, 0.25) is 0 Å². The van der Waals surface area contributed by atoms with Crippen LogP contribution >= 0.6 is 39.1 Å². The molecule has 0 heterocycles. The first-order valence-corrected chi connectivity index (χ1v) is 7.14. The highest BCUT2D eigenvalue weighted by Gasteiger charge is 2.19. The van der Waals surface area contributed by atoms with Gasteiger partial charge in [0.1, 0.15) is 4.47 Å². The highest BCUT2D eigenvalue weighted by molar-refractivity contribution is 9.10. The smallest absolute Gasteiger partial charge is 0.284 e. The molecule has 1 N–H and O–H groups in total. The Hall–Kier alpha value is -1.63. The predicted octanol–water partition coefficient (Wildman–Crippen LogP) is 4.92. The molecule has 0 unspecified atom stereocenters. The fraction of sp³-hybridized carbons (Fsp3) is 0. The molecule has 8 heteroatoms. The van der Waals surface area contributed by atoms with Crippen molar-refractivity contribution in [2.24, 2.45) is 0 Å². The van der Waals surface area contributed by atoms with Gasteiger partial charge < -0.3 is 5.32 Å². The molecule has 5 nitrogen and oxygen atoms in total. The van der Waals surface area contributed by atoms with Crippen LogP contribution in [0.3, 0.4) is 0 Å². The second kappa shape index (κ2) is 6.43. The van der Waals surface area contributed by atoms with Crippen molar-refractivity contribution in [3.63, 3.8) is 0 Å². The molecule has 2 aromatic carbocycles. The molecule has 0 spiro atoms. The zero-order chi connectivity index (χ0) is 15.6. The third kappa shape index (κ3) is 3.53. The molecule has 0 aliphatic rings. The highest BCUT2D eigenvalue weighted by Crippen LogP contribution is 2.30. The SMILES string of the molecule is O=C(Nc1ccc(Cl)c(Cl)c1)c1cccc([N+](=O)[O-])c1Br. The Morgan fingerprint density at radius 2 is 1.90 bits per heavy atom. The van der Waals surface area contributed by atoms with Crippen molar-refractivity contribution in [2.75, 3.05) is 5.32 Å². The summed E-state index contributed by atoms with van der Waals surface area (Å²) in [4.78, 5) is 22.4. The molecular weight excluding hydrogens is 383 g/mol.